The van der Waals surface area contributed by atoms with E-state index in [1.807, 2.05) is 0 Å². The van der Waals surface area contributed by atoms with Crippen LogP contribution < -0.4 is 0 Å². The molecule has 0 aromatic carbocycles. The van der Waals surface area contributed by atoms with Gasteiger partial charge in [0.2, 0.25) is 5.95 Å². The van der Waals surface area contributed by atoms with E-state index in [4.69, 9.17) is 0 Å². The minimum Gasteiger partial charge on any atom is -0.341 e. The van der Waals surface area contributed by atoms with Crippen LogP contribution in [0.1, 0.15) is 0 Å². The molecule has 0 spiro atoms. The summed E-state index contributed by atoms with van der Waals surface area (Å²) in [7, 11) is 0. The minimum atomic E-state index is -0.504. The van der Waals surface area contributed by atoms with Crippen LogP contribution in [0.5, 0.6) is 0 Å². The van der Waals surface area contributed by atoms with E-state index in [9.17, 15) is 4.39 Å². The number of nitrogens with zero attached hydrogens (tertiary/aromatic N) is 2. The normalized spacial score (nSPS) is 10.1. The lowest BCUT2D eigenvalue weighted by molar-refractivity contribution is 0.585. The Bertz CT molecular complexity index is 370. The first-order valence-electron chi connectivity index (χ1n) is 3.40. The fraction of sp³-hybridized carbons (Fsp3) is 0. The molecular formula is C8H5FN3. The third-order valence-corrected chi connectivity index (χ3v) is 1.43. The number of aromatic amines is 1. The molecule has 4 heteroatoms. The van der Waals surface area contributed by atoms with Gasteiger partial charge in [-0.1, -0.05) is 6.07 Å². The van der Waals surface area contributed by atoms with Crippen molar-refractivity contribution in [2.24, 2.45) is 0 Å². The van der Waals surface area contributed by atoms with Gasteiger partial charge in [0.25, 0.3) is 0 Å². The van der Waals surface area contributed by atoms with Crippen LogP contribution in [0.15, 0.2) is 24.4 Å². The molecule has 0 aliphatic rings. The molecule has 0 fully saturated rings. The molecule has 59 valence electrons. The second-order valence-electron chi connectivity index (χ2n) is 2.24. The molecule has 3 nitrogen and oxygen atoms in total. The van der Waals surface area contributed by atoms with Crippen LogP contribution in [0.3, 0.4) is 0 Å². The highest BCUT2D eigenvalue weighted by molar-refractivity contribution is 5.51. The Morgan fingerprint density at radius 3 is 2.92 bits per heavy atom. The van der Waals surface area contributed by atoms with Gasteiger partial charge in [0.15, 0.2) is 6.33 Å². The van der Waals surface area contributed by atoms with Gasteiger partial charge in [0, 0.05) is 6.20 Å². The second-order valence-corrected chi connectivity index (χ2v) is 2.24. The van der Waals surface area contributed by atoms with Crippen molar-refractivity contribution >= 4 is 0 Å². The van der Waals surface area contributed by atoms with Crippen LogP contribution in [-0.2, 0) is 0 Å². The molecule has 12 heavy (non-hydrogen) atoms. The number of H-pyrrole nitrogens is 1. The number of pyridine rings is 1. The molecule has 0 aliphatic carbocycles. The Morgan fingerprint density at radius 1 is 1.33 bits per heavy atom. The smallest absolute Gasteiger partial charge is 0.213 e. The van der Waals surface area contributed by atoms with Crippen LogP contribution in [0.4, 0.5) is 4.39 Å². The molecule has 0 aliphatic heterocycles. The third kappa shape index (κ3) is 1.18. The highest BCUT2D eigenvalue weighted by Crippen LogP contribution is 2.11. The van der Waals surface area contributed by atoms with E-state index in [2.05, 4.69) is 21.3 Å². The van der Waals surface area contributed by atoms with E-state index in [0.717, 1.165) is 0 Å². The SMILES string of the molecule is Fc1cccc(-c2c[nH][c]n2)n1. The van der Waals surface area contributed by atoms with Crippen molar-refractivity contribution in [3.8, 4) is 11.4 Å². The Balaban J connectivity index is 2.48. The molecule has 2 rings (SSSR count). The van der Waals surface area contributed by atoms with Gasteiger partial charge >= 0.3 is 0 Å². The quantitative estimate of drug-likeness (QED) is 0.644. The van der Waals surface area contributed by atoms with Crippen molar-refractivity contribution in [1.29, 1.82) is 0 Å². The molecule has 0 amide bonds. The predicted molar refractivity (Wildman–Crippen MR) is 40.6 cm³/mol. The van der Waals surface area contributed by atoms with Crippen LogP contribution in [0.2, 0.25) is 0 Å². The second kappa shape index (κ2) is 2.73. The van der Waals surface area contributed by atoms with Gasteiger partial charge < -0.3 is 4.98 Å². The summed E-state index contributed by atoms with van der Waals surface area (Å²) in [5, 5.41) is 0. The standard InChI is InChI=1S/C8H5FN3/c9-8-3-1-2-6(12-8)7-4-10-5-11-7/h1-4H,(H,10,11). The van der Waals surface area contributed by atoms with Gasteiger partial charge in [0.1, 0.15) is 5.69 Å². The van der Waals surface area contributed by atoms with Crippen molar-refractivity contribution in [3.63, 3.8) is 0 Å². The molecule has 1 radical (unpaired) electrons. The summed E-state index contributed by atoms with van der Waals surface area (Å²) in [5.41, 5.74) is 1.10. The molecule has 2 heterocycles. The van der Waals surface area contributed by atoms with Crippen molar-refractivity contribution in [2.75, 3.05) is 0 Å². The van der Waals surface area contributed by atoms with E-state index in [0.29, 0.717) is 11.4 Å². The van der Waals surface area contributed by atoms with Crippen molar-refractivity contribution in [2.45, 2.75) is 0 Å². The Kier molecular flexibility index (Phi) is 1.59. The van der Waals surface area contributed by atoms with Crippen LogP contribution in [-0.4, -0.2) is 15.0 Å². The number of halogens is 1. The number of aromatic nitrogens is 3. The lowest BCUT2D eigenvalue weighted by Gasteiger charge is -1.93. The van der Waals surface area contributed by atoms with Crippen molar-refractivity contribution in [1.82, 2.24) is 15.0 Å². The molecule has 0 saturated carbocycles. The van der Waals surface area contributed by atoms with E-state index in [1.54, 1.807) is 18.3 Å². The molecule has 0 unspecified atom stereocenters. The van der Waals surface area contributed by atoms with E-state index in [-0.39, 0.29) is 0 Å². The van der Waals surface area contributed by atoms with Crippen LogP contribution in [0.25, 0.3) is 11.4 Å². The Morgan fingerprint density at radius 2 is 2.25 bits per heavy atom. The van der Waals surface area contributed by atoms with Gasteiger partial charge in [-0.3, -0.25) is 0 Å². The molecule has 0 atom stereocenters. The largest absolute Gasteiger partial charge is 0.341 e. The first kappa shape index (κ1) is 6.97. The highest BCUT2D eigenvalue weighted by atomic mass is 19.1. The average molecular weight is 162 g/mol. The summed E-state index contributed by atoms with van der Waals surface area (Å²) in [6, 6.07) is 4.57. The number of rotatable bonds is 1. The lowest BCUT2D eigenvalue weighted by Crippen LogP contribution is -1.86. The first-order valence-corrected chi connectivity index (χ1v) is 3.40. The minimum absolute atomic E-state index is 0.504. The maximum absolute atomic E-state index is 12.6. The van der Waals surface area contributed by atoms with Gasteiger partial charge in [-0.15, -0.1) is 0 Å². The summed E-state index contributed by atoms with van der Waals surface area (Å²) in [4.78, 5) is 10.1. The number of imidazole rings is 1. The van der Waals surface area contributed by atoms with Crippen LogP contribution in [0, 0.1) is 12.3 Å². The molecule has 2 aromatic rings. The zero-order valence-corrected chi connectivity index (χ0v) is 6.08. The fourth-order valence-corrected chi connectivity index (χ4v) is 0.908. The monoisotopic (exact) mass is 162 g/mol. The van der Waals surface area contributed by atoms with E-state index < -0.39 is 5.95 Å². The number of hydrogen-bond donors (Lipinski definition) is 1. The van der Waals surface area contributed by atoms with Gasteiger partial charge in [0.05, 0.1) is 5.69 Å². The average Bonchev–Trinajstić information content (AvgIpc) is 2.56. The first-order chi connectivity index (χ1) is 5.86. The van der Waals surface area contributed by atoms with Crippen molar-refractivity contribution < 1.29 is 4.39 Å². The zero-order chi connectivity index (χ0) is 8.39. The number of hydrogen-bond acceptors (Lipinski definition) is 2. The fourth-order valence-electron chi connectivity index (χ4n) is 0.908. The molecular weight excluding hydrogens is 157 g/mol. The maximum atomic E-state index is 12.6. The topological polar surface area (TPSA) is 41.6 Å². The van der Waals surface area contributed by atoms with E-state index >= 15 is 0 Å². The van der Waals surface area contributed by atoms with Crippen LogP contribution >= 0.6 is 0 Å². The molecule has 0 saturated heterocycles. The van der Waals surface area contributed by atoms with E-state index in [1.165, 1.54) is 6.07 Å². The zero-order valence-electron chi connectivity index (χ0n) is 6.08. The summed E-state index contributed by atoms with van der Waals surface area (Å²) in [6.07, 6.45) is 4.12. The molecule has 1 N–H and O–H groups in total. The Hall–Kier alpha value is -1.71. The van der Waals surface area contributed by atoms with Gasteiger partial charge in [-0.2, -0.15) is 4.39 Å². The lowest BCUT2D eigenvalue weighted by atomic mass is 10.3. The summed E-state index contributed by atoms with van der Waals surface area (Å²) >= 11 is 0. The highest BCUT2D eigenvalue weighted by Gasteiger charge is 2.01. The Labute approximate surface area is 68.3 Å². The molecule has 0 bridgehead atoms. The van der Waals surface area contributed by atoms with Crippen molar-refractivity contribution in [3.05, 3.63) is 36.7 Å². The number of nitrogens with one attached hydrogen (secondary N) is 1. The van der Waals surface area contributed by atoms with Gasteiger partial charge in [-0.05, 0) is 12.1 Å². The summed E-state index contributed by atoms with van der Waals surface area (Å²) in [5.74, 6) is -0.504. The predicted octanol–water partition coefficient (Wildman–Crippen LogP) is 1.41. The maximum Gasteiger partial charge on any atom is 0.213 e. The summed E-state index contributed by atoms with van der Waals surface area (Å²) < 4.78 is 12.6. The summed E-state index contributed by atoms with van der Waals surface area (Å²) in [6.45, 7) is 0. The van der Waals surface area contributed by atoms with Gasteiger partial charge in [-0.25, -0.2) is 9.97 Å². The third-order valence-electron chi connectivity index (χ3n) is 1.43. The molecule has 2 aromatic heterocycles.